The molecule has 0 fully saturated rings. The number of hydrogen-bond donors (Lipinski definition) is 0. The maximum Gasteiger partial charge on any atom is 0.125 e. The number of fused-ring (bicyclic) bond motifs is 1. The minimum Gasteiger partial charge on any atom is -0.487 e. The molecule has 1 aliphatic rings. The molecule has 1 heterocycles. The molecule has 0 amide bonds. The summed E-state index contributed by atoms with van der Waals surface area (Å²) in [5.41, 5.74) is 2.58. The van der Waals surface area contributed by atoms with E-state index >= 15 is 0 Å². The first-order chi connectivity index (χ1) is 8.05. The molecule has 0 bridgehead atoms. The Bertz CT molecular complexity index is 398. The smallest absolute Gasteiger partial charge is 0.125 e. The lowest BCUT2D eigenvalue weighted by Crippen LogP contribution is -2.25. The number of anilines is 1. The molecular weight excluding hydrogens is 210 g/mol. The van der Waals surface area contributed by atoms with Crippen LogP contribution in [-0.4, -0.2) is 18.7 Å². The second-order valence-electron chi connectivity index (χ2n) is 5.41. The summed E-state index contributed by atoms with van der Waals surface area (Å²) in [6, 6.07) is 6.64. The van der Waals surface area contributed by atoms with E-state index in [9.17, 15) is 0 Å². The van der Waals surface area contributed by atoms with Crippen molar-refractivity contribution in [1.29, 1.82) is 0 Å². The Balaban J connectivity index is 2.23. The molecule has 1 aliphatic heterocycles. The van der Waals surface area contributed by atoms with E-state index in [1.54, 1.807) is 0 Å². The molecule has 0 aromatic heterocycles. The van der Waals surface area contributed by atoms with Gasteiger partial charge in [0.05, 0.1) is 0 Å². The molecule has 2 heteroatoms. The molecule has 0 atom stereocenters. The summed E-state index contributed by atoms with van der Waals surface area (Å²) in [5.74, 6) is 1.07. The molecule has 0 radical (unpaired) electrons. The van der Waals surface area contributed by atoms with Crippen LogP contribution in [0.25, 0.3) is 0 Å². The number of benzene rings is 1. The van der Waals surface area contributed by atoms with Gasteiger partial charge in [0, 0.05) is 31.3 Å². The maximum absolute atomic E-state index is 5.98. The van der Waals surface area contributed by atoms with Crippen molar-refractivity contribution in [3.63, 3.8) is 0 Å². The molecule has 0 aliphatic carbocycles. The van der Waals surface area contributed by atoms with Crippen molar-refractivity contribution >= 4 is 5.69 Å². The van der Waals surface area contributed by atoms with Crippen LogP contribution in [-0.2, 0) is 6.42 Å². The van der Waals surface area contributed by atoms with Gasteiger partial charge in [0.1, 0.15) is 11.4 Å². The topological polar surface area (TPSA) is 12.5 Å². The van der Waals surface area contributed by atoms with Crippen LogP contribution in [0.4, 0.5) is 5.69 Å². The summed E-state index contributed by atoms with van der Waals surface area (Å²) in [4.78, 5) is 2.40. The van der Waals surface area contributed by atoms with E-state index in [4.69, 9.17) is 4.74 Å². The van der Waals surface area contributed by atoms with Crippen LogP contribution in [0.2, 0.25) is 0 Å². The number of ether oxygens (including phenoxy) is 1. The van der Waals surface area contributed by atoms with Gasteiger partial charge in [0.15, 0.2) is 0 Å². The van der Waals surface area contributed by atoms with Gasteiger partial charge in [-0.25, -0.2) is 0 Å². The number of nitrogens with zero attached hydrogens (tertiary/aromatic N) is 1. The van der Waals surface area contributed by atoms with Crippen molar-refractivity contribution < 1.29 is 4.74 Å². The van der Waals surface area contributed by atoms with Gasteiger partial charge in [-0.2, -0.15) is 0 Å². The predicted octanol–water partition coefficient (Wildman–Crippen LogP) is 3.64. The van der Waals surface area contributed by atoms with Crippen LogP contribution >= 0.6 is 0 Å². The first kappa shape index (κ1) is 12.3. The third kappa shape index (κ3) is 2.56. The van der Waals surface area contributed by atoms with Crippen LogP contribution in [0.15, 0.2) is 18.2 Å². The average molecular weight is 233 g/mol. The van der Waals surface area contributed by atoms with E-state index in [0.717, 1.165) is 25.3 Å². The van der Waals surface area contributed by atoms with Gasteiger partial charge in [-0.15, -0.1) is 0 Å². The van der Waals surface area contributed by atoms with Crippen molar-refractivity contribution in [2.24, 2.45) is 0 Å². The van der Waals surface area contributed by atoms with Gasteiger partial charge in [-0.1, -0.05) is 13.0 Å². The third-order valence-electron chi connectivity index (χ3n) is 3.29. The lowest BCUT2D eigenvalue weighted by Gasteiger charge is -2.23. The van der Waals surface area contributed by atoms with E-state index < -0.39 is 0 Å². The van der Waals surface area contributed by atoms with Crippen molar-refractivity contribution in [2.75, 3.05) is 18.0 Å². The normalized spacial score (nSPS) is 16.5. The molecule has 1 aromatic rings. The fraction of sp³-hybridized carbons (Fsp3) is 0.600. The second kappa shape index (κ2) is 4.59. The lowest BCUT2D eigenvalue weighted by atomic mass is 10.0. The Morgan fingerprint density at radius 1 is 1.29 bits per heavy atom. The molecule has 0 N–H and O–H groups in total. The summed E-state index contributed by atoms with van der Waals surface area (Å²) in [6.45, 7) is 10.9. The Labute approximate surface area is 105 Å². The van der Waals surface area contributed by atoms with E-state index in [0.29, 0.717) is 0 Å². The zero-order chi connectivity index (χ0) is 12.5. The van der Waals surface area contributed by atoms with Crippen molar-refractivity contribution in [3.05, 3.63) is 23.8 Å². The molecular formula is C15H23NO. The molecule has 1 aromatic carbocycles. The van der Waals surface area contributed by atoms with Crippen molar-refractivity contribution in [3.8, 4) is 5.75 Å². The third-order valence-corrected chi connectivity index (χ3v) is 3.29. The van der Waals surface area contributed by atoms with Crippen LogP contribution in [0.3, 0.4) is 0 Å². The van der Waals surface area contributed by atoms with Gasteiger partial charge < -0.3 is 9.64 Å². The highest BCUT2D eigenvalue weighted by atomic mass is 16.5. The van der Waals surface area contributed by atoms with E-state index in [2.05, 4.69) is 50.8 Å². The van der Waals surface area contributed by atoms with Crippen molar-refractivity contribution in [1.82, 2.24) is 0 Å². The molecule has 2 nitrogen and oxygen atoms in total. The van der Waals surface area contributed by atoms with E-state index in [1.165, 1.54) is 17.7 Å². The lowest BCUT2D eigenvalue weighted by molar-refractivity contribution is 0.138. The minimum absolute atomic E-state index is 0.0389. The SMILES string of the molecule is CCCN(CC)c1ccc2c(c1)OC(C)(C)C2. The zero-order valence-electron chi connectivity index (χ0n) is 11.4. The summed E-state index contributed by atoms with van der Waals surface area (Å²) in [5, 5.41) is 0. The molecule has 94 valence electrons. The van der Waals surface area contributed by atoms with Crippen LogP contribution in [0, 0.1) is 0 Å². The van der Waals surface area contributed by atoms with Crippen LogP contribution in [0.5, 0.6) is 5.75 Å². The van der Waals surface area contributed by atoms with Gasteiger partial charge in [0.25, 0.3) is 0 Å². The quantitative estimate of drug-likeness (QED) is 0.787. The first-order valence-corrected chi connectivity index (χ1v) is 6.62. The second-order valence-corrected chi connectivity index (χ2v) is 5.41. The Morgan fingerprint density at radius 2 is 2.06 bits per heavy atom. The van der Waals surface area contributed by atoms with Gasteiger partial charge in [0.2, 0.25) is 0 Å². The summed E-state index contributed by atoms with van der Waals surface area (Å²) in [7, 11) is 0. The number of hydrogen-bond acceptors (Lipinski definition) is 2. The fourth-order valence-electron chi connectivity index (χ4n) is 2.51. The highest BCUT2D eigenvalue weighted by Crippen LogP contribution is 2.37. The monoisotopic (exact) mass is 233 g/mol. The highest BCUT2D eigenvalue weighted by molar-refractivity contribution is 5.55. The summed E-state index contributed by atoms with van der Waals surface area (Å²) in [6.07, 6.45) is 2.19. The minimum atomic E-state index is -0.0389. The molecule has 17 heavy (non-hydrogen) atoms. The van der Waals surface area contributed by atoms with Crippen molar-refractivity contribution in [2.45, 2.75) is 46.1 Å². The fourth-order valence-corrected chi connectivity index (χ4v) is 2.51. The van der Waals surface area contributed by atoms with Gasteiger partial charge in [-0.05, 0) is 38.8 Å². The largest absolute Gasteiger partial charge is 0.487 e. The molecule has 0 saturated carbocycles. The Morgan fingerprint density at radius 3 is 2.71 bits per heavy atom. The summed E-state index contributed by atoms with van der Waals surface area (Å²) >= 11 is 0. The van der Waals surface area contributed by atoms with E-state index in [-0.39, 0.29) is 5.60 Å². The maximum atomic E-state index is 5.98. The first-order valence-electron chi connectivity index (χ1n) is 6.62. The van der Waals surface area contributed by atoms with E-state index in [1.807, 2.05) is 0 Å². The van der Waals surface area contributed by atoms with Gasteiger partial charge >= 0.3 is 0 Å². The average Bonchev–Trinajstić information content (AvgIpc) is 2.58. The summed E-state index contributed by atoms with van der Waals surface area (Å²) < 4.78 is 5.98. The van der Waals surface area contributed by atoms with Crippen LogP contribution < -0.4 is 9.64 Å². The molecule has 0 saturated heterocycles. The zero-order valence-corrected chi connectivity index (χ0v) is 11.4. The van der Waals surface area contributed by atoms with Crippen LogP contribution in [0.1, 0.15) is 39.7 Å². The molecule has 0 spiro atoms. The number of rotatable bonds is 4. The Hall–Kier alpha value is -1.18. The standard InChI is InChI=1S/C15H23NO/c1-5-9-16(6-2)13-8-7-12-11-15(3,4)17-14(12)10-13/h7-8,10H,5-6,9,11H2,1-4H3. The Kier molecular flexibility index (Phi) is 3.32. The van der Waals surface area contributed by atoms with Gasteiger partial charge in [-0.3, -0.25) is 0 Å². The highest BCUT2D eigenvalue weighted by Gasteiger charge is 2.30. The predicted molar refractivity (Wildman–Crippen MR) is 73.0 cm³/mol. The molecule has 2 rings (SSSR count). The molecule has 0 unspecified atom stereocenters.